The first kappa shape index (κ1) is 62.7. The van der Waals surface area contributed by atoms with Gasteiger partial charge in [-0.2, -0.15) is 38.5 Å². The Morgan fingerprint density at radius 1 is 0.327 bits per heavy atom. The van der Waals surface area contributed by atoms with Crippen LogP contribution in [0.4, 0.5) is 0 Å². The van der Waals surface area contributed by atoms with Crippen LogP contribution in [0.25, 0.3) is 0 Å². The molecule has 3 heteroatoms. The molecule has 3 atom stereocenters. The van der Waals surface area contributed by atoms with Crippen LogP contribution in [0.2, 0.25) is 0 Å². The molecule has 313 valence electrons. The molecule has 0 N–H and O–H groups in total. The topological polar surface area (TPSA) is 0 Å². The van der Waals surface area contributed by atoms with E-state index >= 15 is 0 Å². The van der Waals surface area contributed by atoms with Gasteiger partial charge < -0.3 is 26.7 Å². The predicted octanol–water partition coefficient (Wildman–Crippen LogP) is 18.0. The van der Waals surface area contributed by atoms with E-state index in [1.54, 1.807) is 0 Å². The number of hydrogen-bond donors (Lipinski definition) is 0. The molecule has 0 aliphatic carbocycles. The Balaban J connectivity index is -0.000000268. The Morgan fingerprint density at radius 2 is 0.673 bits per heavy atom. The van der Waals surface area contributed by atoms with Crippen molar-refractivity contribution in [2.24, 2.45) is 35.5 Å². The fraction of sp³-hybridized carbons (Fsp3) is 0.918. The normalized spacial score (nSPS) is 12.9. The van der Waals surface area contributed by atoms with Crippen molar-refractivity contribution >= 4 is 0 Å². The van der Waals surface area contributed by atoms with Crippen LogP contribution in [0.15, 0.2) is 0 Å². The molecule has 0 spiro atoms. The summed E-state index contributed by atoms with van der Waals surface area (Å²) in [7, 11) is 0. The second-order valence-electron chi connectivity index (χ2n) is 16.2. The molecule has 0 aromatic carbocycles. The summed E-state index contributed by atoms with van der Waals surface area (Å²) < 4.78 is 0. The SMILES string of the molecule is CCCC(CCC)C(CC)CCCC(CCC)C(CCC)CCC.[CH2-]CCCC[CH-]CC(C[CH-]CCCC[CH2-])C(CCCC)CCCCC.[Fe+3].[Fe+3].[Fe+3]. The molecule has 0 aromatic rings. The van der Waals surface area contributed by atoms with Crippen LogP contribution in [0, 0.1) is 62.2 Å². The van der Waals surface area contributed by atoms with Crippen LogP contribution in [0.5, 0.6) is 0 Å². The maximum absolute atomic E-state index is 3.96. The van der Waals surface area contributed by atoms with Gasteiger partial charge in [0.25, 0.3) is 0 Å². The zero-order valence-electron chi connectivity index (χ0n) is 37.0. The standard InChI is InChI=1S/C25H48.C24H50.3Fe/c1-5-9-13-15-18-22-25(23-19-16-14-10-6-2)24(20-12-8-4)21-17-11-7-3;1-7-14-22(15-8-2)21(12-6)19-13-20-24(18-11-5)23(16-9-3)17-10-4;;;/h18-19,24-25H,1-2,5-17,20-23H2,3-4H3;21-24H,7-20H2,1-6H3;;;/q-4;;3*+3. The van der Waals surface area contributed by atoms with E-state index in [1.807, 2.05) is 0 Å². The summed E-state index contributed by atoms with van der Waals surface area (Å²) in [4.78, 5) is 0. The monoisotopic (exact) mass is 855 g/mol. The number of unbranched alkanes of at least 4 members (excludes halogenated alkanes) is 11. The summed E-state index contributed by atoms with van der Waals surface area (Å²) in [5, 5.41) is 0. The zero-order valence-corrected chi connectivity index (χ0v) is 40.3. The molecule has 3 unspecified atom stereocenters. The molecule has 3 radical (unpaired) electrons. The van der Waals surface area contributed by atoms with Crippen molar-refractivity contribution in [2.45, 2.75) is 254 Å². The molecule has 0 bridgehead atoms. The summed E-state index contributed by atoms with van der Waals surface area (Å²) in [6.45, 7) is 26.9. The average Bonchev–Trinajstić information content (AvgIpc) is 3.10. The van der Waals surface area contributed by atoms with Gasteiger partial charge in [-0.05, 0) is 29.6 Å². The van der Waals surface area contributed by atoms with Crippen molar-refractivity contribution in [1.82, 2.24) is 0 Å². The number of rotatable bonds is 37. The quantitative estimate of drug-likeness (QED) is 0.0332. The van der Waals surface area contributed by atoms with E-state index in [-0.39, 0.29) is 51.2 Å². The summed E-state index contributed by atoms with van der Waals surface area (Å²) in [5.41, 5.74) is 0. The maximum atomic E-state index is 3.96. The van der Waals surface area contributed by atoms with E-state index in [1.165, 1.54) is 186 Å². The van der Waals surface area contributed by atoms with Gasteiger partial charge in [0.05, 0.1) is 0 Å². The molecule has 0 rings (SSSR count). The van der Waals surface area contributed by atoms with Gasteiger partial charge in [-0.15, -0.1) is 0 Å². The summed E-state index contributed by atoms with van der Waals surface area (Å²) in [6.07, 6.45) is 47.8. The first-order valence-corrected chi connectivity index (χ1v) is 23.2. The van der Waals surface area contributed by atoms with E-state index < -0.39 is 0 Å². The third-order valence-electron chi connectivity index (χ3n) is 11.8. The molecular weight excluding hydrogens is 756 g/mol. The van der Waals surface area contributed by atoms with Gasteiger partial charge in [0.1, 0.15) is 0 Å². The molecule has 0 saturated carbocycles. The van der Waals surface area contributed by atoms with Gasteiger partial charge in [-0.1, -0.05) is 222 Å². The molecule has 0 aliphatic rings. The Morgan fingerprint density at radius 3 is 1.06 bits per heavy atom. The van der Waals surface area contributed by atoms with Crippen molar-refractivity contribution in [3.63, 3.8) is 0 Å². The second-order valence-corrected chi connectivity index (χ2v) is 16.2. The van der Waals surface area contributed by atoms with Gasteiger partial charge in [0.2, 0.25) is 0 Å². The van der Waals surface area contributed by atoms with Crippen molar-refractivity contribution in [2.75, 3.05) is 0 Å². The van der Waals surface area contributed by atoms with Gasteiger partial charge >= 0.3 is 51.2 Å². The van der Waals surface area contributed by atoms with Crippen LogP contribution in [-0.2, 0) is 51.2 Å². The molecule has 0 amide bonds. The van der Waals surface area contributed by atoms with Crippen molar-refractivity contribution in [3.05, 3.63) is 26.7 Å². The molecule has 0 aromatic heterocycles. The molecule has 0 saturated heterocycles. The van der Waals surface area contributed by atoms with Gasteiger partial charge in [-0.25, -0.2) is 0 Å². The molecular formula is C49H98Fe3+5. The Kier molecular flexibility index (Phi) is 61.0. The Hall–Kier alpha value is 1.56. The van der Waals surface area contributed by atoms with E-state index in [9.17, 15) is 0 Å². The van der Waals surface area contributed by atoms with Crippen LogP contribution < -0.4 is 0 Å². The zero-order chi connectivity index (χ0) is 36.8. The minimum absolute atomic E-state index is 0. The van der Waals surface area contributed by atoms with E-state index in [0.29, 0.717) is 0 Å². The maximum Gasteiger partial charge on any atom is 3.00 e. The first-order chi connectivity index (χ1) is 24.0. The second kappa shape index (κ2) is 50.6. The van der Waals surface area contributed by atoms with Crippen LogP contribution in [-0.4, -0.2) is 0 Å². The van der Waals surface area contributed by atoms with Crippen LogP contribution >= 0.6 is 0 Å². The molecule has 0 heterocycles. The minimum Gasteiger partial charge on any atom is -0.343 e. The van der Waals surface area contributed by atoms with Crippen molar-refractivity contribution in [1.29, 1.82) is 0 Å². The third kappa shape index (κ3) is 37.2. The van der Waals surface area contributed by atoms with Crippen molar-refractivity contribution in [3.8, 4) is 0 Å². The van der Waals surface area contributed by atoms with Gasteiger partial charge in [-0.3, -0.25) is 0 Å². The van der Waals surface area contributed by atoms with E-state index in [4.69, 9.17) is 0 Å². The molecule has 0 nitrogen and oxygen atoms in total. The van der Waals surface area contributed by atoms with Crippen LogP contribution in [0.3, 0.4) is 0 Å². The third-order valence-corrected chi connectivity index (χ3v) is 11.8. The Labute approximate surface area is 365 Å². The predicted molar refractivity (Wildman–Crippen MR) is 229 cm³/mol. The van der Waals surface area contributed by atoms with E-state index in [2.05, 4.69) is 82.1 Å². The Bertz CT molecular complexity index is 569. The number of hydrogen-bond acceptors (Lipinski definition) is 0. The average molecular weight is 855 g/mol. The minimum atomic E-state index is 0. The fourth-order valence-corrected chi connectivity index (χ4v) is 8.93. The van der Waals surface area contributed by atoms with Crippen molar-refractivity contribution < 1.29 is 51.2 Å². The molecule has 52 heavy (non-hydrogen) atoms. The molecule has 0 fully saturated rings. The smallest absolute Gasteiger partial charge is 0.343 e. The van der Waals surface area contributed by atoms with E-state index in [0.717, 1.165) is 48.3 Å². The van der Waals surface area contributed by atoms with Gasteiger partial charge in [0, 0.05) is 0 Å². The molecule has 0 aliphatic heterocycles. The fourth-order valence-electron chi connectivity index (χ4n) is 8.93. The summed E-state index contributed by atoms with van der Waals surface area (Å²) in [5.74, 6) is 5.83. The largest absolute Gasteiger partial charge is 3.00 e. The van der Waals surface area contributed by atoms with Gasteiger partial charge in [0.15, 0.2) is 0 Å². The summed E-state index contributed by atoms with van der Waals surface area (Å²) >= 11 is 0. The first-order valence-electron chi connectivity index (χ1n) is 23.2. The summed E-state index contributed by atoms with van der Waals surface area (Å²) in [6, 6.07) is 0. The van der Waals surface area contributed by atoms with Crippen LogP contribution in [0.1, 0.15) is 254 Å².